The number of pyridine rings is 1. The second kappa shape index (κ2) is 8.32. The Labute approximate surface area is 152 Å². The van der Waals surface area contributed by atoms with Gasteiger partial charge in [0.05, 0.1) is 12.1 Å². The van der Waals surface area contributed by atoms with Crippen LogP contribution in [-0.2, 0) is 6.54 Å². The molecule has 5 nitrogen and oxygen atoms in total. The van der Waals surface area contributed by atoms with E-state index in [1.165, 1.54) is 17.1 Å². The highest BCUT2D eigenvalue weighted by Gasteiger charge is 2.15. The molecule has 2 heterocycles. The van der Waals surface area contributed by atoms with Crippen molar-refractivity contribution >= 4 is 17.5 Å². The number of halogens is 1. The average Bonchev–Trinajstić information content (AvgIpc) is 3.12. The first-order valence-electron chi connectivity index (χ1n) is 8.56. The smallest absolute Gasteiger partial charge is 0.252 e. The normalized spacial score (nSPS) is 16.8. The average molecular weight is 360 g/mol. The van der Waals surface area contributed by atoms with E-state index in [-0.39, 0.29) is 11.5 Å². The molecule has 1 fully saturated rings. The number of benzene rings is 1. The van der Waals surface area contributed by atoms with Crippen molar-refractivity contribution in [1.29, 1.82) is 0 Å². The maximum absolute atomic E-state index is 12.3. The van der Waals surface area contributed by atoms with Gasteiger partial charge in [-0.2, -0.15) is 0 Å². The van der Waals surface area contributed by atoms with Gasteiger partial charge in [-0.15, -0.1) is 0 Å². The first kappa shape index (κ1) is 17.7. The molecule has 6 heteroatoms. The zero-order chi connectivity index (χ0) is 17.6. The zero-order valence-corrected chi connectivity index (χ0v) is 14.8. The van der Waals surface area contributed by atoms with E-state index in [0.717, 1.165) is 25.1 Å². The highest BCUT2D eigenvalue weighted by molar-refractivity contribution is 6.31. The summed E-state index contributed by atoms with van der Waals surface area (Å²) >= 11 is 6.16. The third-order valence-corrected chi connectivity index (χ3v) is 4.91. The molecule has 25 heavy (non-hydrogen) atoms. The molecule has 2 N–H and O–H groups in total. The summed E-state index contributed by atoms with van der Waals surface area (Å²) in [4.78, 5) is 24.4. The number of carbonyl (C=O) groups excluding carboxylic acids is 1. The Morgan fingerprint density at radius 1 is 1.28 bits per heavy atom. The van der Waals surface area contributed by atoms with Crippen LogP contribution in [0.5, 0.6) is 0 Å². The van der Waals surface area contributed by atoms with Gasteiger partial charge in [0, 0.05) is 23.8 Å². The Morgan fingerprint density at radius 3 is 2.88 bits per heavy atom. The van der Waals surface area contributed by atoms with Crippen LogP contribution in [0.4, 0.5) is 0 Å². The number of amides is 1. The van der Waals surface area contributed by atoms with Crippen LogP contribution in [0, 0.1) is 5.92 Å². The Bertz CT molecular complexity index is 797. The molecule has 1 aromatic heterocycles. The van der Waals surface area contributed by atoms with Gasteiger partial charge in [-0.1, -0.05) is 29.8 Å². The van der Waals surface area contributed by atoms with Gasteiger partial charge in [0.15, 0.2) is 0 Å². The lowest BCUT2D eigenvalue weighted by atomic mass is 10.1. The highest BCUT2D eigenvalue weighted by atomic mass is 35.5. The van der Waals surface area contributed by atoms with E-state index < -0.39 is 0 Å². The second-order valence-corrected chi connectivity index (χ2v) is 6.79. The molecule has 1 unspecified atom stereocenters. The van der Waals surface area contributed by atoms with Crippen LogP contribution in [0.1, 0.15) is 28.8 Å². The Hall–Kier alpha value is -2.11. The Morgan fingerprint density at radius 2 is 2.12 bits per heavy atom. The summed E-state index contributed by atoms with van der Waals surface area (Å²) in [5.74, 6) is 0.480. The number of nitrogens with one attached hydrogen (secondary N) is 2. The SMILES string of the molecule is O=C(NCCC1CCNC1)c1ccc(=O)n(Cc2ccccc2Cl)c1. The maximum atomic E-state index is 12.3. The molecule has 0 bridgehead atoms. The molecular weight excluding hydrogens is 338 g/mol. The summed E-state index contributed by atoms with van der Waals surface area (Å²) < 4.78 is 1.51. The number of hydrogen-bond donors (Lipinski definition) is 2. The van der Waals surface area contributed by atoms with Crippen molar-refractivity contribution in [2.24, 2.45) is 5.92 Å². The van der Waals surface area contributed by atoms with Gasteiger partial charge in [-0.25, -0.2) is 0 Å². The fraction of sp³-hybridized carbons (Fsp3) is 0.368. The number of carbonyl (C=O) groups is 1. The lowest BCUT2D eigenvalue weighted by Gasteiger charge is -2.11. The standard InChI is InChI=1S/C19H22ClN3O2/c20-17-4-2-1-3-15(17)12-23-13-16(5-6-18(23)24)19(25)22-10-8-14-7-9-21-11-14/h1-6,13-14,21H,7-12H2,(H,22,25). The maximum Gasteiger partial charge on any atom is 0.252 e. The van der Waals surface area contributed by atoms with Crippen LogP contribution in [0.15, 0.2) is 47.4 Å². The largest absolute Gasteiger partial charge is 0.352 e. The molecule has 0 radical (unpaired) electrons. The lowest BCUT2D eigenvalue weighted by molar-refractivity contribution is 0.0951. The van der Waals surface area contributed by atoms with Crippen molar-refractivity contribution in [2.45, 2.75) is 19.4 Å². The minimum absolute atomic E-state index is 0.154. The summed E-state index contributed by atoms with van der Waals surface area (Å²) in [6.07, 6.45) is 3.73. The Kier molecular flexibility index (Phi) is 5.89. The van der Waals surface area contributed by atoms with Gasteiger partial charge >= 0.3 is 0 Å². The van der Waals surface area contributed by atoms with Crippen LogP contribution in [0.2, 0.25) is 5.02 Å². The van der Waals surface area contributed by atoms with Crippen molar-refractivity contribution in [1.82, 2.24) is 15.2 Å². The molecular formula is C19H22ClN3O2. The van der Waals surface area contributed by atoms with Crippen molar-refractivity contribution < 1.29 is 4.79 Å². The molecule has 0 aliphatic carbocycles. The molecule has 1 aliphatic rings. The molecule has 3 rings (SSSR count). The summed E-state index contributed by atoms with van der Waals surface area (Å²) in [7, 11) is 0. The topological polar surface area (TPSA) is 63.1 Å². The molecule has 132 valence electrons. The monoisotopic (exact) mass is 359 g/mol. The van der Waals surface area contributed by atoms with Crippen molar-refractivity contribution in [3.8, 4) is 0 Å². The molecule has 0 saturated carbocycles. The van der Waals surface area contributed by atoms with E-state index in [4.69, 9.17) is 11.6 Å². The van der Waals surface area contributed by atoms with Crippen LogP contribution in [0.25, 0.3) is 0 Å². The van der Waals surface area contributed by atoms with Gasteiger partial charge in [-0.05, 0) is 49.5 Å². The summed E-state index contributed by atoms with van der Waals surface area (Å²) in [5, 5.41) is 6.87. The lowest BCUT2D eigenvalue weighted by Crippen LogP contribution is -2.28. The van der Waals surface area contributed by atoms with E-state index in [2.05, 4.69) is 10.6 Å². The van der Waals surface area contributed by atoms with Gasteiger partial charge in [0.1, 0.15) is 0 Å². The predicted molar refractivity (Wildman–Crippen MR) is 99.2 cm³/mol. The molecule has 1 atom stereocenters. The first-order chi connectivity index (χ1) is 12.1. The van der Waals surface area contributed by atoms with Crippen LogP contribution < -0.4 is 16.2 Å². The van der Waals surface area contributed by atoms with Gasteiger partial charge in [0.25, 0.3) is 11.5 Å². The van der Waals surface area contributed by atoms with Gasteiger partial charge in [0.2, 0.25) is 0 Å². The van der Waals surface area contributed by atoms with E-state index >= 15 is 0 Å². The molecule has 1 aliphatic heterocycles. The molecule has 1 amide bonds. The molecule has 1 aromatic carbocycles. The second-order valence-electron chi connectivity index (χ2n) is 6.38. The van der Waals surface area contributed by atoms with Crippen molar-refractivity contribution in [2.75, 3.05) is 19.6 Å². The molecule has 2 aromatic rings. The first-order valence-corrected chi connectivity index (χ1v) is 8.94. The van der Waals surface area contributed by atoms with Gasteiger partial charge < -0.3 is 15.2 Å². The van der Waals surface area contributed by atoms with Crippen LogP contribution in [-0.4, -0.2) is 30.1 Å². The minimum atomic E-state index is -0.159. The number of hydrogen-bond acceptors (Lipinski definition) is 3. The van der Waals surface area contributed by atoms with Crippen LogP contribution >= 0.6 is 11.6 Å². The van der Waals surface area contributed by atoms with Crippen molar-refractivity contribution in [3.63, 3.8) is 0 Å². The third kappa shape index (κ3) is 4.71. The number of aromatic nitrogens is 1. The third-order valence-electron chi connectivity index (χ3n) is 4.54. The summed E-state index contributed by atoms with van der Waals surface area (Å²) in [6.45, 7) is 3.08. The fourth-order valence-electron chi connectivity index (χ4n) is 3.05. The minimum Gasteiger partial charge on any atom is -0.352 e. The fourth-order valence-corrected chi connectivity index (χ4v) is 3.25. The van der Waals surface area contributed by atoms with E-state index in [1.807, 2.05) is 18.2 Å². The van der Waals surface area contributed by atoms with E-state index in [0.29, 0.717) is 29.6 Å². The predicted octanol–water partition coefficient (Wildman–Crippen LogP) is 2.28. The summed E-state index contributed by atoms with van der Waals surface area (Å²) in [5.41, 5.74) is 1.17. The van der Waals surface area contributed by atoms with E-state index in [9.17, 15) is 9.59 Å². The number of rotatable bonds is 6. The molecule has 1 saturated heterocycles. The van der Waals surface area contributed by atoms with E-state index in [1.54, 1.807) is 18.3 Å². The quantitative estimate of drug-likeness (QED) is 0.831. The van der Waals surface area contributed by atoms with Crippen LogP contribution in [0.3, 0.4) is 0 Å². The van der Waals surface area contributed by atoms with Crippen molar-refractivity contribution in [3.05, 3.63) is 69.1 Å². The molecule has 0 spiro atoms. The number of nitrogens with zero attached hydrogens (tertiary/aromatic N) is 1. The zero-order valence-electron chi connectivity index (χ0n) is 14.0. The van der Waals surface area contributed by atoms with Gasteiger partial charge in [-0.3, -0.25) is 9.59 Å². The highest BCUT2D eigenvalue weighted by Crippen LogP contribution is 2.15. The summed E-state index contributed by atoms with van der Waals surface area (Å²) in [6, 6.07) is 10.4. The Balaban J connectivity index is 1.65.